The van der Waals surface area contributed by atoms with Gasteiger partial charge in [0.25, 0.3) is 0 Å². The Morgan fingerprint density at radius 2 is 1.68 bits per heavy atom. The van der Waals surface area contributed by atoms with Crippen molar-refractivity contribution in [2.45, 2.75) is 116 Å². The fourth-order valence-electron chi connectivity index (χ4n) is 6.42. The normalized spacial score (nSPS) is 25.9. The molecule has 4 rings (SSSR count). The van der Waals surface area contributed by atoms with E-state index in [9.17, 15) is 8.78 Å². The van der Waals surface area contributed by atoms with Crippen LogP contribution in [0.25, 0.3) is 0 Å². The van der Waals surface area contributed by atoms with E-state index in [1.54, 1.807) is 13.0 Å². The van der Waals surface area contributed by atoms with Gasteiger partial charge in [-0.05, 0) is 99.7 Å². The number of allylic oxidation sites excluding steroid dienone is 1. The van der Waals surface area contributed by atoms with Crippen LogP contribution >= 0.6 is 0 Å². The van der Waals surface area contributed by atoms with Crippen LogP contribution in [-0.2, 0) is 0 Å². The second kappa shape index (κ2) is 12.4. The topological polar surface area (TPSA) is 18.5 Å². The van der Waals surface area contributed by atoms with Gasteiger partial charge < -0.3 is 9.47 Å². The monoisotopic (exact) mass is 474 g/mol. The van der Waals surface area contributed by atoms with Crippen LogP contribution in [0.5, 0.6) is 11.5 Å². The molecule has 2 nitrogen and oxygen atoms in total. The van der Waals surface area contributed by atoms with Crippen LogP contribution in [0.2, 0.25) is 0 Å². The molecule has 3 aliphatic carbocycles. The molecule has 1 atom stereocenters. The molecule has 0 amide bonds. The van der Waals surface area contributed by atoms with Gasteiger partial charge in [0.15, 0.2) is 11.5 Å². The first-order valence-corrected chi connectivity index (χ1v) is 14.0. The van der Waals surface area contributed by atoms with Crippen molar-refractivity contribution in [3.05, 3.63) is 34.9 Å². The van der Waals surface area contributed by atoms with Crippen molar-refractivity contribution in [2.75, 3.05) is 6.61 Å². The lowest BCUT2D eigenvalue weighted by molar-refractivity contribution is 0.183. The Morgan fingerprint density at radius 1 is 0.912 bits per heavy atom. The fraction of sp³-hybridized carbons (Fsp3) is 0.733. The lowest BCUT2D eigenvalue weighted by Gasteiger charge is -2.35. The van der Waals surface area contributed by atoms with E-state index in [2.05, 4.69) is 13.0 Å². The second-order valence-electron chi connectivity index (χ2n) is 11.1. The van der Waals surface area contributed by atoms with Crippen LogP contribution in [0.1, 0.15) is 109 Å². The molecule has 34 heavy (non-hydrogen) atoms. The molecule has 2 saturated carbocycles. The first-order valence-electron chi connectivity index (χ1n) is 14.0. The standard InChI is InChI=1S/C30H44F2O2/c1-3-4-5-8-22-11-15-24(16-12-22)25-17-13-23(14-18-25)20-33-30-21(2)19-27(28(31)29(30)32)34-26-9-6-7-10-26/h13,19,22,24-26H,3-12,14-18,20H2,1-2H3. The maximum Gasteiger partial charge on any atom is 0.204 e. The Labute approximate surface area is 205 Å². The summed E-state index contributed by atoms with van der Waals surface area (Å²) in [4.78, 5) is 0. The van der Waals surface area contributed by atoms with Gasteiger partial charge in [-0.1, -0.05) is 51.5 Å². The molecule has 190 valence electrons. The molecule has 0 saturated heterocycles. The molecule has 0 aromatic heterocycles. The molecule has 0 radical (unpaired) electrons. The summed E-state index contributed by atoms with van der Waals surface area (Å²) in [5.74, 6) is 0.813. The molecule has 0 aliphatic heterocycles. The zero-order valence-corrected chi connectivity index (χ0v) is 21.4. The van der Waals surface area contributed by atoms with Gasteiger partial charge in [0.2, 0.25) is 11.6 Å². The minimum Gasteiger partial charge on any atom is -0.487 e. The number of ether oxygens (including phenoxy) is 2. The highest BCUT2D eigenvalue weighted by atomic mass is 19.2. The van der Waals surface area contributed by atoms with Crippen LogP contribution in [-0.4, -0.2) is 12.7 Å². The van der Waals surface area contributed by atoms with Gasteiger partial charge in [0.05, 0.1) is 6.10 Å². The lowest BCUT2D eigenvalue weighted by Crippen LogP contribution is -2.24. The Bertz CT molecular complexity index is 820. The molecule has 1 unspecified atom stereocenters. The quantitative estimate of drug-likeness (QED) is 0.249. The average Bonchev–Trinajstić information content (AvgIpc) is 3.36. The van der Waals surface area contributed by atoms with Crippen molar-refractivity contribution in [3.63, 3.8) is 0 Å². The van der Waals surface area contributed by atoms with Gasteiger partial charge in [-0.3, -0.25) is 0 Å². The van der Waals surface area contributed by atoms with E-state index in [-0.39, 0.29) is 17.6 Å². The largest absolute Gasteiger partial charge is 0.487 e. The predicted molar refractivity (Wildman–Crippen MR) is 134 cm³/mol. The van der Waals surface area contributed by atoms with Crippen molar-refractivity contribution in [1.29, 1.82) is 0 Å². The Hall–Kier alpha value is -1.58. The van der Waals surface area contributed by atoms with E-state index < -0.39 is 11.6 Å². The summed E-state index contributed by atoms with van der Waals surface area (Å²) in [6.07, 6.45) is 20.7. The molecule has 0 spiro atoms. The number of unbranched alkanes of at least 4 members (excludes halogenated alkanes) is 2. The van der Waals surface area contributed by atoms with Crippen molar-refractivity contribution in [1.82, 2.24) is 0 Å². The molecule has 0 heterocycles. The van der Waals surface area contributed by atoms with Crippen molar-refractivity contribution in [3.8, 4) is 11.5 Å². The van der Waals surface area contributed by atoms with Crippen LogP contribution in [0.3, 0.4) is 0 Å². The zero-order valence-electron chi connectivity index (χ0n) is 21.4. The van der Waals surface area contributed by atoms with Crippen molar-refractivity contribution < 1.29 is 18.3 Å². The highest BCUT2D eigenvalue weighted by Gasteiger charge is 2.29. The van der Waals surface area contributed by atoms with E-state index in [1.807, 2.05) is 0 Å². The third-order valence-corrected chi connectivity index (χ3v) is 8.63. The number of rotatable bonds is 10. The summed E-state index contributed by atoms with van der Waals surface area (Å²) in [6.45, 7) is 4.39. The molecule has 2 fully saturated rings. The van der Waals surface area contributed by atoms with E-state index in [4.69, 9.17) is 9.47 Å². The average molecular weight is 475 g/mol. The summed E-state index contributed by atoms with van der Waals surface area (Å²) in [5, 5.41) is 0. The van der Waals surface area contributed by atoms with Gasteiger partial charge in [-0.15, -0.1) is 0 Å². The minimum atomic E-state index is -0.921. The summed E-state index contributed by atoms with van der Waals surface area (Å²) < 4.78 is 41.0. The predicted octanol–water partition coefficient (Wildman–Crippen LogP) is 9.09. The Kier molecular flexibility index (Phi) is 9.31. The number of aryl methyl sites for hydroxylation is 1. The van der Waals surface area contributed by atoms with Gasteiger partial charge >= 0.3 is 0 Å². The van der Waals surface area contributed by atoms with Gasteiger partial charge in [-0.2, -0.15) is 8.78 Å². The highest BCUT2D eigenvalue weighted by molar-refractivity contribution is 5.42. The minimum absolute atomic E-state index is 0.00323. The van der Waals surface area contributed by atoms with Crippen LogP contribution < -0.4 is 9.47 Å². The molecular weight excluding hydrogens is 430 g/mol. The Morgan fingerprint density at radius 3 is 2.35 bits per heavy atom. The molecule has 0 N–H and O–H groups in total. The van der Waals surface area contributed by atoms with Crippen LogP contribution in [0, 0.1) is 36.3 Å². The van der Waals surface area contributed by atoms with Crippen LogP contribution in [0.15, 0.2) is 17.7 Å². The molecule has 1 aromatic rings. The van der Waals surface area contributed by atoms with Gasteiger partial charge in [0.1, 0.15) is 6.61 Å². The first kappa shape index (κ1) is 25.5. The zero-order chi connectivity index (χ0) is 23.9. The molecule has 0 bridgehead atoms. The third-order valence-electron chi connectivity index (χ3n) is 8.63. The molecule has 1 aromatic carbocycles. The maximum absolute atomic E-state index is 14.8. The van der Waals surface area contributed by atoms with E-state index in [1.165, 1.54) is 63.4 Å². The Balaban J connectivity index is 1.25. The smallest absolute Gasteiger partial charge is 0.204 e. The summed E-state index contributed by atoms with van der Waals surface area (Å²) >= 11 is 0. The van der Waals surface area contributed by atoms with Crippen molar-refractivity contribution in [2.24, 2.45) is 17.8 Å². The first-order chi connectivity index (χ1) is 16.5. The third kappa shape index (κ3) is 6.55. The number of hydrogen-bond donors (Lipinski definition) is 0. The SMILES string of the molecule is CCCCCC1CCC(C2CC=C(COc3c(C)cc(OC4CCCC4)c(F)c3F)CC2)CC1. The number of benzene rings is 1. The highest BCUT2D eigenvalue weighted by Crippen LogP contribution is 2.41. The summed E-state index contributed by atoms with van der Waals surface area (Å²) in [5.41, 5.74) is 1.81. The van der Waals surface area contributed by atoms with Crippen molar-refractivity contribution >= 4 is 0 Å². The number of halogens is 2. The lowest BCUT2D eigenvalue weighted by atomic mass is 9.70. The number of hydrogen-bond acceptors (Lipinski definition) is 2. The van der Waals surface area contributed by atoms with Gasteiger partial charge in [0, 0.05) is 0 Å². The summed E-state index contributed by atoms with van der Waals surface area (Å²) in [6, 6.07) is 1.59. The molecule has 4 heteroatoms. The second-order valence-corrected chi connectivity index (χ2v) is 11.1. The van der Waals surface area contributed by atoms with E-state index in [0.29, 0.717) is 12.2 Å². The molecular formula is C30H44F2O2. The fourth-order valence-corrected chi connectivity index (χ4v) is 6.42. The van der Waals surface area contributed by atoms with Gasteiger partial charge in [-0.25, -0.2) is 0 Å². The van der Waals surface area contributed by atoms with E-state index >= 15 is 0 Å². The van der Waals surface area contributed by atoms with Crippen LogP contribution in [0.4, 0.5) is 8.78 Å². The summed E-state index contributed by atoms with van der Waals surface area (Å²) in [7, 11) is 0. The van der Waals surface area contributed by atoms with E-state index in [0.717, 1.165) is 56.3 Å². The molecule has 3 aliphatic rings. The maximum atomic E-state index is 14.8.